The van der Waals surface area contributed by atoms with Crippen LogP contribution in [0, 0.1) is 5.92 Å². The average Bonchev–Trinajstić information content (AvgIpc) is 2.97. The highest BCUT2D eigenvalue weighted by Gasteiger charge is 2.22. The molecule has 108 valence electrons. The second-order valence-electron chi connectivity index (χ2n) is 5.25. The Labute approximate surface area is 126 Å². The summed E-state index contributed by atoms with van der Waals surface area (Å²) in [5.74, 6) is 0.215. The van der Waals surface area contributed by atoms with Gasteiger partial charge in [-0.15, -0.1) is 11.3 Å². The van der Waals surface area contributed by atoms with Crippen LogP contribution in [0.15, 0.2) is 40.9 Å². The van der Waals surface area contributed by atoms with Gasteiger partial charge in [-0.1, -0.05) is 18.1 Å². The maximum absolute atomic E-state index is 11.8. The second-order valence-corrected chi connectivity index (χ2v) is 6.20. The van der Waals surface area contributed by atoms with Crippen LogP contribution in [0.25, 0.3) is 0 Å². The van der Waals surface area contributed by atoms with Crippen molar-refractivity contribution in [2.24, 2.45) is 11.1 Å². The molecule has 1 N–H and O–H groups in total. The molecule has 0 saturated heterocycles. The summed E-state index contributed by atoms with van der Waals surface area (Å²) in [5.41, 5.74) is 2.75. The van der Waals surface area contributed by atoms with E-state index in [1.165, 1.54) is 11.3 Å². The molecule has 0 bridgehead atoms. The van der Waals surface area contributed by atoms with Crippen LogP contribution in [0.5, 0.6) is 5.75 Å². The molecular formula is C16H15NO3S. The summed E-state index contributed by atoms with van der Waals surface area (Å²) in [6.45, 7) is 2.11. The summed E-state index contributed by atoms with van der Waals surface area (Å²) in [6.07, 6.45) is 1.65. The Morgan fingerprint density at radius 3 is 3.00 bits per heavy atom. The van der Waals surface area contributed by atoms with E-state index in [0.717, 1.165) is 29.7 Å². The zero-order valence-corrected chi connectivity index (χ0v) is 12.4. The lowest BCUT2D eigenvalue weighted by atomic mass is 9.83. The summed E-state index contributed by atoms with van der Waals surface area (Å²) >= 11 is 1.33. The molecule has 1 aromatic heterocycles. The van der Waals surface area contributed by atoms with Crippen molar-refractivity contribution in [1.29, 1.82) is 0 Å². The molecule has 5 heteroatoms. The number of fused-ring (bicyclic) bond motifs is 1. The summed E-state index contributed by atoms with van der Waals surface area (Å²) in [5, 5.41) is 15.5. The minimum absolute atomic E-state index is 0.248. The highest BCUT2D eigenvalue weighted by Crippen LogP contribution is 2.28. The van der Waals surface area contributed by atoms with Gasteiger partial charge in [0.05, 0.1) is 5.71 Å². The molecule has 4 nitrogen and oxygen atoms in total. The fraction of sp³-hybridized carbons (Fsp3) is 0.250. The first-order valence-corrected chi connectivity index (χ1v) is 7.65. The number of oxime groups is 1. The predicted octanol–water partition coefficient (Wildman–Crippen LogP) is 3.60. The Morgan fingerprint density at radius 1 is 1.38 bits per heavy atom. The van der Waals surface area contributed by atoms with Crippen LogP contribution in [0.1, 0.15) is 34.1 Å². The predicted molar refractivity (Wildman–Crippen MR) is 81.9 cm³/mol. The van der Waals surface area contributed by atoms with E-state index in [-0.39, 0.29) is 5.75 Å². The van der Waals surface area contributed by atoms with E-state index in [9.17, 15) is 9.90 Å². The number of aromatic hydroxyl groups is 1. The number of phenols is 1. The normalized spacial score (nSPS) is 19.3. The molecule has 1 aliphatic rings. The number of phenolic OH excluding ortho intramolecular Hbond substituents is 1. The van der Waals surface area contributed by atoms with Crippen LogP contribution < -0.4 is 0 Å². The SMILES string of the molecule is CC1C/C(=N/OC(=O)c2cccs2)c2ccc(O)cc2C1. The van der Waals surface area contributed by atoms with Gasteiger partial charge in [-0.3, -0.25) is 0 Å². The number of carbonyl (C=O) groups excluding carboxylic acids is 1. The number of hydrogen-bond donors (Lipinski definition) is 1. The monoisotopic (exact) mass is 301 g/mol. The van der Waals surface area contributed by atoms with Gasteiger partial charge >= 0.3 is 5.97 Å². The van der Waals surface area contributed by atoms with Crippen molar-refractivity contribution in [3.8, 4) is 5.75 Å². The molecular weight excluding hydrogens is 286 g/mol. The zero-order chi connectivity index (χ0) is 14.8. The van der Waals surface area contributed by atoms with Gasteiger partial charge in [0, 0.05) is 5.56 Å². The lowest BCUT2D eigenvalue weighted by molar-refractivity contribution is 0.0520. The molecule has 0 aliphatic heterocycles. The van der Waals surface area contributed by atoms with Gasteiger partial charge in [0.15, 0.2) is 0 Å². The molecule has 0 spiro atoms. The third-order valence-corrected chi connectivity index (χ3v) is 4.32. The third kappa shape index (κ3) is 2.97. The lowest BCUT2D eigenvalue weighted by Crippen LogP contribution is -2.19. The van der Waals surface area contributed by atoms with Gasteiger partial charge < -0.3 is 9.94 Å². The minimum atomic E-state index is -0.434. The van der Waals surface area contributed by atoms with Crippen LogP contribution in [0.3, 0.4) is 0 Å². The zero-order valence-electron chi connectivity index (χ0n) is 11.6. The molecule has 0 saturated carbocycles. The maximum Gasteiger partial charge on any atom is 0.375 e. The molecule has 21 heavy (non-hydrogen) atoms. The van der Waals surface area contributed by atoms with Crippen LogP contribution in [-0.4, -0.2) is 16.8 Å². The first-order valence-electron chi connectivity index (χ1n) is 6.77. The number of hydrogen-bond acceptors (Lipinski definition) is 5. The minimum Gasteiger partial charge on any atom is -0.508 e. The quantitative estimate of drug-likeness (QED) is 0.681. The summed E-state index contributed by atoms with van der Waals surface area (Å²) in [6, 6.07) is 8.72. The van der Waals surface area contributed by atoms with Crippen molar-refractivity contribution in [2.75, 3.05) is 0 Å². The Balaban J connectivity index is 1.85. The number of benzene rings is 1. The van der Waals surface area contributed by atoms with E-state index >= 15 is 0 Å². The van der Waals surface area contributed by atoms with Crippen molar-refractivity contribution in [2.45, 2.75) is 19.8 Å². The largest absolute Gasteiger partial charge is 0.508 e. The first kappa shape index (κ1) is 13.8. The molecule has 2 aromatic rings. The smallest absolute Gasteiger partial charge is 0.375 e. The van der Waals surface area contributed by atoms with Gasteiger partial charge in [0.25, 0.3) is 0 Å². The Bertz CT molecular complexity index is 692. The summed E-state index contributed by atoms with van der Waals surface area (Å²) < 4.78 is 0. The second kappa shape index (κ2) is 5.69. The molecule has 1 aliphatic carbocycles. The molecule has 3 rings (SSSR count). The number of carbonyl (C=O) groups is 1. The van der Waals surface area contributed by atoms with E-state index < -0.39 is 5.97 Å². The van der Waals surface area contributed by atoms with Gasteiger partial charge in [-0.05, 0) is 54.0 Å². The first-order chi connectivity index (χ1) is 10.1. The lowest BCUT2D eigenvalue weighted by Gasteiger charge is -2.22. The van der Waals surface area contributed by atoms with Crippen molar-refractivity contribution in [1.82, 2.24) is 0 Å². The van der Waals surface area contributed by atoms with Gasteiger partial charge in [-0.25, -0.2) is 4.79 Å². The van der Waals surface area contributed by atoms with E-state index in [1.54, 1.807) is 24.3 Å². The van der Waals surface area contributed by atoms with E-state index in [1.807, 2.05) is 11.4 Å². The number of thiophene rings is 1. The van der Waals surface area contributed by atoms with Gasteiger partial charge in [-0.2, -0.15) is 0 Å². The topological polar surface area (TPSA) is 58.9 Å². The molecule has 1 aromatic carbocycles. The van der Waals surface area contributed by atoms with E-state index in [4.69, 9.17) is 4.84 Å². The van der Waals surface area contributed by atoms with Gasteiger partial charge in [0.2, 0.25) is 0 Å². The number of rotatable bonds is 2. The summed E-state index contributed by atoms with van der Waals surface area (Å²) in [7, 11) is 0. The Hall–Kier alpha value is -2.14. The third-order valence-electron chi connectivity index (χ3n) is 3.47. The fourth-order valence-corrected chi connectivity index (χ4v) is 3.14. The van der Waals surface area contributed by atoms with Crippen LogP contribution in [0.4, 0.5) is 0 Å². The molecule has 1 unspecified atom stereocenters. The highest BCUT2D eigenvalue weighted by molar-refractivity contribution is 7.11. The summed E-state index contributed by atoms with van der Waals surface area (Å²) in [4.78, 5) is 17.4. The molecule has 0 amide bonds. The van der Waals surface area contributed by atoms with E-state index in [2.05, 4.69) is 12.1 Å². The highest BCUT2D eigenvalue weighted by atomic mass is 32.1. The van der Waals surface area contributed by atoms with E-state index in [0.29, 0.717) is 10.8 Å². The maximum atomic E-state index is 11.8. The standard InChI is InChI=1S/C16H15NO3S/c1-10-7-11-9-12(18)4-5-13(11)14(8-10)17-20-16(19)15-3-2-6-21-15/h2-6,9-10,18H,7-8H2,1H3/b17-14-. The molecule has 0 radical (unpaired) electrons. The van der Waals surface area contributed by atoms with Crippen LogP contribution in [0.2, 0.25) is 0 Å². The van der Waals surface area contributed by atoms with Gasteiger partial charge in [0.1, 0.15) is 10.6 Å². The van der Waals surface area contributed by atoms with Crippen molar-refractivity contribution in [3.63, 3.8) is 0 Å². The van der Waals surface area contributed by atoms with Crippen LogP contribution in [-0.2, 0) is 11.3 Å². The molecule has 0 fully saturated rings. The molecule has 1 atom stereocenters. The van der Waals surface area contributed by atoms with Crippen molar-refractivity contribution >= 4 is 23.0 Å². The van der Waals surface area contributed by atoms with Crippen molar-refractivity contribution in [3.05, 3.63) is 51.7 Å². The average molecular weight is 301 g/mol. The van der Waals surface area contributed by atoms with Crippen LogP contribution >= 0.6 is 11.3 Å². The Morgan fingerprint density at radius 2 is 2.24 bits per heavy atom. The fourth-order valence-electron chi connectivity index (χ4n) is 2.54. The molecule has 1 heterocycles. The number of nitrogens with zero attached hydrogens (tertiary/aromatic N) is 1. The van der Waals surface area contributed by atoms with Crippen molar-refractivity contribution < 1.29 is 14.7 Å². The Kier molecular flexibility index (Phi) is 3.75.